The van der Waals surface area contributed by atoms with Crippen LogP contribution in [0.1, 0.15) is 35.2 Å². The average Bonchev–Trinajstić information content (AvgIpc) is 3.36. The maximum absolute atomic E-state index is 12.7. The van der Waals surface area contributed by atoms with Gasteiger partial charge in [-0.3, -0.25) is 9.36 Å². The molecule has 10 heteroatoms. The minimum absolute atomic E-state index is 0.0931. The second-order valence-electron chi connectivity index (χ2n) is 9.53. The first-order valence-corrected chi connectivity index (χ1v) is 12.9. The summed E-state index contributed by atoms with van der Waals surface area (Å²) in [6, 6.07) is 18.5. The van der Waals surface area contributed by atoms with Crippen molar-refractivity contribution in [1.29, 1.82) is 0 Å². The highest BCUT2D eigenvalue weighted by Crippen LogP contribution is 2.25. The number of rotatable bonds is 9. The van der Waals surface area contributed by atoms with Crippen LogP contribution in [0, 0.1) is 5.92 Å². The molecule has 2 N–H and O–H groups in total. The largest absolute Gasteiger partial charge is 0.573 e. The molecule has 0 unspecified atom stereocenters. The van der Waals surface area contributed by atoms with Gasteiger partial charge in [0.25, 0.3) is 5.91 Å². The van der Waals surface area contributed by atoms with Gasteiger partial charge in [-0.1, -0.05) is 12.1 Å². The van der Waals surface area contributed by atoms with Crippen LogP contribution in [0.5, 0.6) is 11.5 Å². The van der Waals surface area contributed by atoms with Crippen molar-refractivity contribution in [2.45, 2.75) is 32.2 Å². The molecule has 0 radical (unpaired) electrons. The van der Waals surface area contributed by atoms with Crippen molar-refractivity contribution in [3.63, 3.8) is 0 Å². The maximum Gasteiger partial charge on any atom is 0.573 e. The Morgan fingerprint density at radius 2 is 1.72 bits per heavy atom. The van der Waals surface area contributed by atoms with Gasteiger partial charge < -0.3 is 20.1 Å². The number of hydrogen-bond donors (Lipinski definition) is 2. The average molecular weight is 539 g/mol. The lowest BCUT2D eigenvalue weighted by atomic mass is 9.95. The van der Waals surface area contributed by atoms with Crippen molar-refractivity contribution in [3.05, 3.63) is 84.2 Å². The van der Waals surface area contributed by atoms with Crippen LogP contribution < -0.4 is 20.1 Å². The number of piperidine rings is 1. The summed E-state index contributed by atoms with van der Waals surface area (Å²) < 4.78 is 48.5. The van der Waals surface area contributed by atoms with Gasteiger partial charge in [0.1, 0.15) is 24.4 Å². The molecule has 39 heavy (non-hydrogen) atoms. The zero-order valence-electron chi connectivity index (χ0n) is 21.2. The van der Waals surface area contributed by atoms with Crippen molar-refractivity contribution in [2.75, 3.05) is 19.6 Å². The number of carbonyl (C=O) groups is 1. The zero-order valence-corrected chi connectivity index (χ0v) is 21.2. The molecule has 1 aliphatic heterocycles. The molecule has 7 nitrogen and oxygen atoms in total. The van der Waals surface area contributed by atoms with Crippen LogP contribution in [-0.2, 0) is 6.61 Å². The van der Waals surface area contributed by atoms with Gasteiger partial charge in [-0.2, -0.15) is 0 Å². The van der Waals surface area contributed by atoms with E-state index in [1.54, 1.807) is 12.4 Å². The summed E-state index contributed by atoms with van der Waals surface area (Å²) in [7, 11) is 0. The number of carbonyl (C=O) groups excluding carboxylic acids is 1. The molecule has 204 valence electrons. The van der Waals surface area contributed by atoms with Gasteiger partial charge in [0.15, 0.2) is 0 Å². The van der Waals surface area contributed by atoms with Crippen molar-refractivity contribution in [3.8, 4) is 17.2 Å². The number of imidazole rings is 1. The van der Waals surface area contributed by atoms with Gasteiger partial charge in [-0.05, 0) is 98.4 Å². The first kappa shape index (κ1) is 26.6. The lowest BCUT2D eigenvalue weighted by Crippen LogP contribution is -2.31. The molecule has 0 bridgehead atoms. The number of nitrogens with one attached hydrogen (secondary N) is 2. The number of benzene rings is 3. The molecular formula is C29H29F3N4O3. The number of aromatic nitrogens is 2. The van der Waals surface area contributed by atoms with E-state index < -0.39 is 6.36 Å². The Bertz CT molecular complexity index is 1400. The van der Waals surface area contributed by atoms with E-state index in [0.29, 0.717) is 29.3 Å². The normalized spacial score (nSPS) is 14.3. The summed E-state index contributed by atoms with van der Waals surface area (Å²) in [6.45, 7) is 2.97. The minimum atomic E-state index is -4.72. The predicted octanol–water partition coefficient (Wildman–Crippen LogP) is 5.62. The molecular weight excluding hydrogens is 509 g/mol. The van der Waals surface area contributed by atoms with E-state index in [9.17, 15) is 18.0 Å². The van der Waals surface area contributed by atoms with Crippen LogP contribution >= 0.6 is 0 Å². The highest BCUT2D eigenvalue weighted by molar-refractivity contribution is 5.97. The summed E-state index contributed by atoms with van der Waals surface area (Å²) in [4.78, 5) is 17.1. The van der Waals surface area contributed by atoms with E-state index in [1.807, 2.05) is 41.0 Å². The second kappa shape index (κ2) is 11.8. The first-order chi connectivity index (χ1) is 18.8. The molecule has 1 fully saturated rings. The molecule has 1 aromatic heterocycles. The smallest absolute Gasteiger partial charge is 0.489 e. The summed E-state index contributed by atoms with van der Waals surface area (Å²) in [6.07, 6.45) is 0.301. The van der Waals surface area contributed by atoms with E-state index >= 15 is 0 Å². The molecule has 4 aromatic rings. The quantitative estimate of drug-likeness (QED) is 0.289. The highest BCUT2D eigenvalue weighted by atomic mass is 19.4. The van der Waals surface area contributed by atoms with Crippen molar-refractivity contribution in [1.82, 2.24) is 20.2 Å². The molecule has 0 atom stereocenters. The van der Waals surface area contributed by atoms with Gasteiger partial charge in [-0.25, -0.2) is 4.98 Å². The fourth-order valence-corrected chi connectivity index (χ4v) is 4.68. The number of nitrogens with zero attached hydrogens (tertiary/aromatic N) is 2. The predicted molar refractivity (Wildman–Crippen MR) is 141 cm³/mol. The number of fused-ring (bicyclic) bond motifs is 1. The molecule has 2 heterocycles. The van der Waals surface area contributed by atoms with Crippen LogP contribution in [0.15, 0.2) is 73.1 Å². The first-order valence-electron chi connectivity index (χ1n) is 12.9. The zero-order chi connectivity index (χ0) is 27.2. The molecule has 3 aromatic carbocycles. The number of ether oxygens (including phenoxy) is 2. The van der Waals surface area contributed by atoms with Crippen LogP contribution in [0.4, 0.5) is 13.2 Å². The number of halogens is 3. The third kappa shape index (κ3) is 7.08. The van der Waals surface area contributed by atoms with Gasteiger partial charge in [0, 0.05) is 17.8 Å². The van der Waals surface area contributed by atoms with E-state index in [-0.39, 0.29) is 18.3 Å². The highest BCUT2D eigenvalue weighted by Gasteiger charge is 2.30. The molecule has 1 amide bonds. The number of alkyl halides is 3. The van der Waals surface area contributed by atoms with Gasteiger partial charge in [0.05, 0.1) is 11.0 Å². The lowest BCUT2D eigenvalue weighted by Gasteiger charge is -2.22. The van der Waals surface area contributed by atoms with Crippen LogP contribution in [-0.4, -0.2) is 41.5 Å². The van der Waals surface area contributed by atoms with Crippen LogP contribution in [0.3, 0.4) is 0 Å². The molecule has 5 rings (SSSR count). The van der Waals surface area contributed by atoms with Gasteiger partial charge >= 0.3 is 6.36 Å². The standard InChI is InChI=1S/C29H29F3N4O3/c30-29(31,32)39-25-6-1-21(2-7-25)18-38-24-8-4-23(5-9-24)36-19-35-26-17-22(3-10-27(26)36)28(37)34-16-13-20-11-14-33-15-12-20/h1-10,17,19-20,33H,11-16,18H2,(H,34,37). The monoisotopic (exact) mass is 538 g/mol. The van der Waals surface area contributed by atoms with Gasteiger partial charge in [-0.15, -0.1) is 13.2 Å². The Labute approximate surface area is 223 Å². The summed E-state index contributed by atoms with van der Waals surface area (Å²) in [5.74, 6) is 0.907. The van der Waals surface area contributed by atoms with E-state index in [0.717, 1.165) is 49.1 Å². The Hall–Kier alpha value is -4.05. The summed E-state index contributed by atoms with van der Waals surface area (Å²) >= 11 is 0. The van der Waals surface area contributed by atoms with Crippen molar-refractivity contribution < 1.29 is 27.4 Å². The Balaban J connectivity index is 1.17. The third-order valence-corrected chi connectivity index (χ3v) is 6.78. The van der Waals surface area contributed by atoms with E-state index in [2.05, 4.69) is 20.4 Å². The third-order valence-electron chi connectivity index (χ3n) is 6.78. The molecule has 0 spiro atoms. The minimum Gasteiger partial charge on any atom is -0.489 e. The Kier molecular flexibility index (Phi) is 8.02. The molecule has 1 saturated heterocycles. The van der Waals surface area contributed by atoms with Crippen molar-refractivity contribution in [2.24, 2.45) is 5.92 Å². The lowest BCUT2D eigenvalue weighted by molar-refractivity contribution is -0.274. The topological polar surface area (TPSA) is 77.4 Å². The van der Waals surface area contributed by atoms with E-state index in [1.165, 1.54) is 24.3 Å². The molecule has 0 saturated carbocycles. The maximum atomic E-state index is 12.7. The fraction of sp³-hybridized carbons (Fsp3) is 0.310. The number of amides is 1. The van der Waals surface area contributed by atoms with E-state index in [4.69, 9.17) is 4.74 Å². The second-order valence-corrected chi connectivity index (χ2v) is 9.53. The Morgan fingerprint density at radius 3 is 2.44 bits per heavy atom. The fourth-order valence-electron chi connectivity index (χ4n) is 4.68. The molecule has 0 aliphatic carbocycles. The molecule has 1 aliphatic rings. The summed E-state index contributed by atoms with van der Waals surface area (Å²) in [5.41, 5.74) is 3.76. The summed E-state index contributed by atoms with van der Waals surface area (Å²) in [5, 5.41) is 6.39. The van der Waals surface area contributed by atoms with Crippen molar-refractivity contribution >= 4 is 16.9 Å². The van der Waals surface area contributed by atoms with Crippen LogP contribution in [0.25, 0.3) is 16.7 Å². The number of hydrogen-bond acceptors (Lipinski definition) is 5. The van der Waals surface area contributed by atoms with Crippen LogP contribution in [0.2, 0.25) is 0 Å². The van der Waals surface area contributed by atoms with Gasteiger partial charge in [0.2, 0.25) is 0 Å². The SMILES string of the molecule is O=C(NCCC1CCNCC1)c1ccc2c(c1)ncn2-c1ccc(OCc2ccc(OC(F)(F)F)cc2)cc1. The Morgan fingerprint density at radius 1 is 1.00 bits per heavy atom.